The number of carbonyl (C=O) groups is 1. The third kappa shape index (κ3) is 6.39. The van der Waals surface area contributed by atoms with Crippen LogP contribution in [0.1, 0.15) is 13.3 Å². The van der Waals surface area contributed by atoms with Crippen LogP contribution in [-0.2, 0) is 10.0 Å². The molecule has 0 unspecified atom stereocenters. The number of hydrogen-bond acceptors (Lipinski definition) is 3. The van der Waals surface area contributed by atoms with Crippen molar-refractivity contribution in [1.29, 1.82) is 0 Å². The van der Waals surface area contributed by atoms with Gasteiger partial charge in [-0.3, -0.25) is 0 Å². The number of anilines is 1. The van der Waals surface area contributed by atoms with Gasteiger partial charge in [-0.25, -0.2) is 17.5 Å². The van der Waals surface area contributed by atoms with Crippen molar-refractivity contribution < 1.29 is 13.2 Å². The van der Waals surface area contributed by atoms with Gasteiger partial charge in [-0.05, 0) is 24.6 Å². The summed E-state index contributed by atoms with van der Waals surface area (Å²) in [5.74, 6) is 0. The fraction of sp³-hybridized carbons (Fsp3) is 0.462. The first-order valence-electron chi connectivity index (χ1n) is 6.69. The van der Waals surface area contributed by atoms with Crippen LogP contribution in [0.5, 0.6) is 0 Å². The lowest BCUT2D eigenvalue weighted by Gasteiger charge is -2.17. The Morgan fingerprint density at radius 2 is 2.00 bits per heavy atom. The number of hydrogen-bond donors (Lipinski definition) is 2. The average Bonchev–Trinajstić information content (AvgIpc) is 2.40. The minimum atomic E-state index is -3.20. The molecule has 0 fully saturated rings. The lowest BCUT2D eigenvalue weighted by molar-refractivity contribution is 0.251. The zero-order chi connectivity index (χ0) is 16.8. The van der Waals surface area contributed by atoms with Gasteiger partial charge in [0.05, 0.1) is 17.0 Å². The predicted molar refractivity (Wildman–Crippen MR) is 90.2 cm³/mol. The standard InChI is InChI=1S/C13H19Cl2N3O3S/c1-3-18(22(2,20)21)8-4-7-16-13(19)17-12-6-5-10(14)9-11(12)15/h5-6,9H,3-4,7-8H2,1-2H3,(H2,16,17,19). The normalized spacial score (nSPS) is 11.5. The number of sulfonamides is 1. The fourth-order valence-electron chi connectivity index (χ4n) is 1.77. The molecular formula is C13H19Cl2N3O3S. The largest absolute Gasteiger partial charge is 0.338 e. The number of nitrogens with zero attached hydrogens (tertiary/aromatic N) is 1. The molecule has 1 aromatic rings. The number of carbonyl (C=O) groups excluding carboxylic acids is 1. The summed E-state index contributed by atoms with van der Waals surface area (Å²) in [5.41, 5.74) is 0.454. The van der Waals surface area contributed by atoms with Gasteiger partial charge < -0.3 is 10.6 Å². The van der Waals surface area contributed by atoms with Crippen molar-refractivity contribution >= 4 is 44.9 Å². The Labute approximate surface area is 140 Å². The van der Waals surface area contributed by atoms with Gasteiger partial charge in [0, 0.05) is 24.7 Å². The third-order valence-electron chi connectivity index (χ3n) is 2.87. The second-order valence-electron chi connectivity index (χ2n) is 4.61. The lowest BCUT2D eigenvalue weighted by atomic mass is 10.3. The molecule has 0 aromatic heterocycles. The van der Waals surface area contributed by atoms with Crippen molar-refractivity contribution in [1.82, 2.24) is 9.62 Å². The van der Waals surface area contributed by atoms with Crippen LogP contribution in [-0.4, -0.2) is 44.6 Å². The third-order valence-corrected chi connectivity index (χ3v) is 4.80. The SMILES string of the molecule is CCN(CCCNC(=O)Nc1ccc(Cl)cc1Cl)S(C)(=O)=O. The molecule has 2 N–H and O–H groups in total. The van der Waals surface area contributed by atoms with E-state index >= 15 is 0 Å². The predicted octanol–water partition coefficient (Wildman–Crippen LogP) is 2.79. The van der Waals surface area contributed by atoms with Crippen LogP contribution in [0.3, 0.4) is 0 Å². The molecule has 0 saturated heterocycles. The Kier molecular flexibility index (Phi) is 7.41. The number of halogens is 2. The van der Waals surface area contributed by atoms with Crippen molar-refractivity contribution in [3.05, 3.63) is 28.2 Å². The number of amides is 2. The van der Waals surface area contributed by atoms with Crippen molar-refractivity contribution in [2.45, 2.75) is 13.3 Å². The second-order valence-corrected chi connectivity index (χ2v) is 7.44. The van der Waals surface area contributed by atoms with E-state index in [1.54, 1.807) is 19.1 Å². The van der Waals surface area contributed by atoms with Crippen molar-refractivity contribution in [3.8, 4) is 0 Å². The maximum atomic E-state index is 11.7. The molecule has 0 heterocycles. The average molecular weight is 368 g/mol. The van der Waals surface area contributed by atoms with Gasteiger partial charge in [-0.15, -0.1) is 0 Å². The Balaban J connectivity index is 2.38. The molecule has 6 nitrogen and oxygen atoms in total. The molecule has 0 atom stereocenters. The van der Waals surface area contributed by atoms with E-state index in [2.05, 4.69) is 10.6 Å². The van der Waals surface area contributed by atoms with Crippen LogP contribution in [0.4, 0.5) is 10.5 Å². The molecule has 0 bridgehead atoms. The highest BCUT2D eigenvalue weighted by Gasteiger charge is 2.13. The summed E-state index contributed by atoms with van der Waals surface area (Å²) in [6.07, 6.45) is 1.68. The van der Waals surface area contributed by atoms with Crippen LogP contribution in [0.25, 0.3) is 0 Å². The van der Waals surface area contributed by atoms with Gasteiger partial charge in [-0.1, -0.05) is 30.1 Å². The van der Waals surface area contributed by atoms with E-state index < -0.39 is 16.1 Å². The Hall–Kier alpha value is -1.02. The molecule has 0 saturated carbocycles. The van der Waals surface area contributed by atoms with E-state index in [0.717, 1.165) is 0 Å². The van der Waals surface area contributed by atoms with E-state index in [0.29, 0.717) is 41.8 Å². The molecule has 0 aliphatic carbocycles. The molecule has 1 rings (SSSR count). The van der Waals surface area contributed by atoms with Crippen LogP contribution >= 0.6 is 23.2 Å². The Morgan fingerprint density at radius 3 is 2.55 bits per heavy atom. The number of urea groups is 1. The highest BCUT2D eigenvalue weighted by molar-refractivity contribution is 7.88. The van der Waals surface area contributed by atoms with Crippen LogP contribution in [0.2, 0.25) is 10.0 Å². The van der Waals surface area contributed by atoms with E-state index in [-0.39, 0.29) is 0 Å². The van der Waals surface area contributed by atoms with E-state index in [9.17, 15) is 13.2 Å². The van der Waals surface area contributed by atoms with Gasteiger partial charge in [-0.2, -0.15) is 0 Å². The van der Waals surface area contributed by atoms with Gasteiger partial charge in [0.2, 0.25) is 10.0 Å². The smallest absolute Gasteiger partial charge is 0.319 e. The van der Waals surface area contributed by atoms with Gasteiger partial charge in [0.25, 0.3) is 0 Å². The summed E-state index contributed by atoms with van der Waals surface area (Å²) >= 11 is 11.7. The van der Waals surface area contributed by atoms with Gasteiger partial charge >= 0.3 is 6.03 Å². The fourth-order valence-corrected chi connectivity index (χ4v) is 3.16. The first-order chi connectivity index (χ1) is 10.2. The highest BCUT2D eigenvalue weighted by Crippen LogP contribution is 2.25. The monoisotopic (exact) mass is 367 g/mol. The van der Waals surface area contributed by atoms with Crippen LogP contribution in [0, 0.1) is 0 Å². The summed E-state index contributed by atoms with van der Waals surface area (Å²) in [4.78, 5) is 11.7. The number of benzene rings is 1. The molecule has 9 heteroatoms. The summed E-state index contributed by atoms with van der Waals surface area (Å²) in [5, 5.41) is 6.07. The molecule has 0 radical (unpaired) electrons. The maximum absolute atomic E-state index is 11.7. The maximum Gasteiger partial charge on any atom is 0.319 e. The number of nitrogens with one attached hydrogen (secondary N) is 2. The van der Waals surface area contributed by atoms with Crippen molar-refractivity contribution in [2.24, 2.45) is 0 Å². The Bertz CT molecular complexity index is 623. The van der Waals surface area contributed by atoms with Gasteiger partial charge in [0.15, 0.2) is 0 Å². The molecule has 0 aliphatic heterocycles. The molecule has 1 aromatic carbocycles. The van der Waals surface area contributed by atoms with Crippen LogP contribution < -0.4 is 10.6 Å². The van der Waals surface area contributed by atoms with E-state index in [1.165, 1.54) is 16.6 Å². The highest BCUT2D eigenvalue weighted by atomic mass is 35.5. The Morgan fingerprint density at radius 1 is 1.32 bits per heavy atom. The number of rotatable bonds is 7. The topological polar surface area (TPSA) is 78.5 Å². The summed E-state index contributed by atoms with van der Waals surface area (Å²) in [7, 11) is -3.20. The molecule has 22 heavy (non-hydrogen) atoms. The quantitative estimate of drug-likeness (QED) is 0.727. The summed E-state index contributed by atoms with van der Waals surface area (Å²) in [6.45, 7) is 2.88. The molecule has 124 valence electrons. The van der Waals surface area contributed by atoms with E-state index in [1.807, 2.05) is 0 Å². The first kappa shape index (κ1) is 19.0. The lowest BCUT2D eigenvalue weighted by Crippen LogP contribution is -2.34. The summed E-state index contributed by atoms with van der Waals surface area (Å²) in [6, 6.07) is 4.34. The molecular weight excluding hydrogens is 349 g/mol. The minimum absolute atomic E-state index is 0.344. The second kappa shape index (κ2) is 8.57. The molecule has 2 amide bonds. The zero-order valence-corrected chi connectivity index (χ0v) is 14.7. The first-order valence-corrected chi connectivity index (χ1v) is 9.29. The molecule has 0 aliphatic rings. The van der Waals surface area contributed by atoms with Crippen molar-refractivity contribution in [3.63, 3.8) is 0 Å². The zero-order valence-electron chi connectivity index (χ0n) is 12.4. The van der Waals surface area contributed by atoms with E-state index in [4.69, 9.17) is 23.2 Å². The summed E-state index contributed by atoms with van der Waals surface area (Å²) < 4.78 is 24.1. The van der Waals surface area contributed by atoms with Crippen LogP contribution in [0.15, 0.2) is 18.2 Å². The minimum Gasteiger partial charge on any atom is -0.338 e. The molecule has 0 spiro atoms. The van der Waals surface area contributed by atoms with Gasteiger partial charge in [0.1, 0.15) is 0 Å². The van der Waals surface area contributed by atoms with Crippen molar-refractivity contribution in [2.75, 3.05) is 31.2 Å².